The molecule has 0 saturated heterocycles. The van der Waals surface area contributed by atoms with Gasteiger partial charge in [0.2, 0.25) is 0 Å². The third kappa shape index (κ3) is 6.54. The van der Waals surface area contributed by atoms with E-state index in [1.807, 2.05) is 0 Å². The van der Waals surface area contributed by atoms with E-state index >= 15 is 0 Å². The number of rotatable bonds is 10. The average molecular weight is 264 g/mol. The second-order valence-electron chi connectivity index (χ2n) is 2.73. The van der Waals surface area contributed by atoms with E-state index in [9.17, 15) is 4.79 Å². The van der Waals surface area contributed by atoms with Gasteiger partial charge in [0, 0.05) is 6.08 Å². The van der Waals surface area contributed by atoms with E-state index in [1.165, 1.54) is 0 Å². The maximum absolute atomic E-state index is 10.9. The van der Waals surface area contributed by atoms with Gasteiger partial charge in [0.15, 0.2) is 0 Å². The minimum absolute atomic E-state index is 0.351. The van der Waals surface area contributed by atoms with Crippen molar-refractivity contribution in [3.05, 3.63) is 12.7 Å². The van der Waals surface area contributed by atoms with Crippen LogP contribution >= 0.6 is 0 Å². The van der Waals surface area contributed by atoms with Crippen LogP contribution in [0.5, 0.6) is 0 Å². The minimum Gasteiger partial charge on any atom is -0.496 e. The minimum atomic E-state index is -1.61. The third-order valence-electron chi connectivity index (χ3n) is 1.57. The van der Waals surface area contributed by atoms with Crippen LogP contribution in [0.3, 0.4) is 0 Å². The van der Waals surface area contributed by atoms with Crippen molar-refractivity contribution in [1.29, 1.82) is 0 Å². The lowest BCUT2D eigenvalue weighted by Crippen LogP contribution is -2.44. The molecule has 0 unspecified atom stereocenters. The van der Waals surface area contributed by atoms with Gasteiger partial charge in [0.25, 0.3) is 0 Å². The van der Waals surface area contributed by atoms with Gasteiger partial charge in [-0.1, -0.05) is 6.58 Å². The predicted octanol–water partition coefficient (Wildman–Crippen LogP) is 0.452. The molecule has 7 heteroatoms. The molecule has 0 N–H and O–H groups in total. The largest absolute Gasteiger partial charge is 0.496 e. The van der Waals surface area contributed by atoms with Crippen LogP contribution in [0.1, 0.15) is 20.8 Å². The van der Waals surface area contributed by atoms with Gasteiger partial charge in [-0.3, -0.25) is 0 Å². The van der Waals surface area contributed by atoms with E-state index in [4.69, 9.17) is 23.1 Å². The Morgan fingerprint density at radius 3 is 2.00 bits per heavy atom. The van der Waals surface area contributed by atoms with E-state index in [2.05, 4.69) is 6.58 Å². The maximum atomic E-state index is 10.9. The van der Waals surface area contributed by atoms with Gasteiger partial charge in [-0.2, -0.15) is 0 Å². The van der Waals surface area contributed by atoms with Gasteiger partial charge in [-0.15, -0.1) is 0 Å². The van der Waals surface area contributed by atoms with Crippen molar-refractivity contribution >= 4 is 16.0 Å². The summed E-state index contributed by atoms with van der Waals surface area (Å²) in [5.41, 5.74) is 0. The fourth-order valence-electron chi connectivity index (χ4n) is 0.999. The van der Waals surface area contributed by atoms with E-state index < -0.39 is 22.1 Å². The summed E-state index contributed by atoms with van der Waals surface area (Å²) in [6.45, 7) is 9.69. The molecule has 6 nitrogen and oxygen atoms in total. The highest BCUT2D eigenvalue weighted by Crippen LogP contribution is 2.16. The van der Waals surface area contributed by atoms with Crippen LogP contribution in [0.4, 0.5) is 0 Å². The molecule has 0 radical (unpaired) electrons. The molecule has 0 spiro atoms. The third-order valence-corrected chi connectivity index (χ3v) is 2.44. The molecule has 0 aromatic rings. The summed E-state index contributed by atoms with van der Waals surface area (Å²) < 4.78 is 25.9. The Morgan fingerprint density at radius 1 is 1.18 bits per heavy atom. The van der Waals surface area contributed by atoms with Gasteiger partial charge in [0.05, 0.1) is 19.8 Å². The first-order valence-corrected chi connectivity index (χ1v) is 6.64. The molecular formula is C10H20O6Si. The quantitative estimate of drug-likeness (QED) is 0.324. The zero-order valence-corrected chi connectivity index (χ0v) is 12.0. The fourth-order valence-corrected chi connectivity index (χ4v) is 1.69. The highest BCUT2D eigenvalue weighted by Gasteiger charge is 2.34. The number of carbonyl (C=O) groups excluding carboxylic acids is 1. The highest BCUT2D eigenvalue weighted by molar-refractivity contribution is 6.23. The second kappa shape index (κ2) is 9.31. The molecule has 0 heterocycles. The zero-order valence-electron chi connectivity index (χ0n) is 10.6. The lowest BCUT2D eigenvalue weighted by molar-refractivity contribution is -0.471. The summed E-state index contributed by atoms with van der Waals surface area (Å²) in [6, 6.07) is 0. The summed E-state index contributed by atoms with van der Waals surface area (Å²) in [6.07, 6.45) is -0.494. The number of hydrogen-bond acceptors (Lipinski definition) is 6. The Balaban J connectivity index is 4.32. The van der Waals surface area contributed by atoms with Crippen LogP contribution in [0.25, 0.3) is 0 Å². The molecule has 0 aliphatic heterocycles. The van der Waals surface area contributed by atoms with Gasteiger partial charge in [-0.05, 0) is 20.8 Å². The van der Waals surface area contributed by atoms with E-state index in [1.54, 1.807) is 20.8 Å². The number of hydrogen-bond donors (Lipinski definition) is 0. The smallest absolute Gasteiger partial charge is 0.405 e. The molecule has 0 rings (SSSR count). The Labute approximate surface area is 104 Å². The van der Waals surface area contributed by atoms with Crippen LogP contribution in [0.15, 0.2) is 12.7 Å². The molecule has 0 amide bonds. The van der Waals surface area contributed by atoms with Crippen molar-refractivity contribution in [3.8, 4) is 0 Å². The SMILES string of the molecule is C=CC(=O)O[SiH2]OC(OCC)(OCC)OCC. The van der Waals surface area contributed by atoms with Crippen molar-refractivity contribution in [1.82, 2.24) is 0 Å². The van der Waals surface area contributed by atoms with Gasteiger partial charge in [-0.25, -0.2) is 4.79 Å². The normalized spacial score (nSPS) is 11.9. The van der Waals surface area contributed by atoms with Gasteiger partial charge >= 0.3 is 22.1 Å². The summed E-state index contributed by atoms with van der Waals surface area (Å²) in [7, 11) is -1.61. The summed E-state index contributed by atoms with van der Waals surface area (Å²) >= 11 is 0. The van der Waals surface area contributed by atoms with Crippen molar-refractivity contribution in [2.75, 3.05) is 19.8 Å². The molecule has 0 saturated carbocycles. The van der Waals surface area contributed by atoms with E-state index in [0.29, 0.717) is 19.8 Å². The molecule has 0 atom stereocenters. The lowest BCUT2D eigenvalue weighted by atomic mass is 10.7. The Morgan fingerprint density at radius 2 is 1.65 bits per heavy atom. The molecule has 0 aliphatic carbocycles. The molecule has 0 fully saturated rings. The standard InChI is InChI=1S/C10H20O6Si/c1-5-9(11)15-17-16-10(12-6-2,13-7-3)14-8-4/h5H,1,6-8,17H2,2-4H3. The Kier molecular flexibility index (Phi) is 8.91. The van der Waals surface area contributed by atoms with Crippen molar-refractivity contribution in [2.24, 2.45) is 0 Å². The van der Waals surface area contributed by atoms with Crippen LogP contribution in [-0.4, -0.2) is 42.0 Å². The zero-order chi connectivity index (χ0) is 13.1. The Hall–Kier alpha value is -0.733. The molecule has 17 heavy (non-hydrogen) atoms. The maximum Gasteiger partial charge on any atom is 0.405 e. The second-order valence-corrected chi connectivity index (χ2v) is 3.54. The topological polar surface area (TPSA) is 63.2 Å². The van der Waals surface area contributed by atoms with E-state index in [0.717, 1.165) is 6.08 Å². The monoisotopic (exact) mass is 264 g/mol. The van der Waals surface area contributed by atoms with E-state index in [-0.39, 0.29) is 0 Å². The summed E-state index contributed by atoms with van der Waals surface area (Å²) in [5, 5.41) is 0. The lowest BCUT2D eigenvalue weighted by Gasteiger charge is -2.30. The number of ether oxygens (including phenoxy) is 3. The molecule has 0 aromatic carbocycles. The number of carbonyl (C=O) groups is 1. The predicted molar refractivity (Wildman–Crippen MR) is 63.5 cm³/mol. The van der Waals surface area contributed by atoms with Crippen molar-refractivity contribution < 1.29 is 27.9 Å². The molecule has 100 valence electrons. The van der Waals surface area contributed by atoms with Crippen LogP contribution in [-0.2, 0) is 27.9 Å². The van der Waals surface area contributed by atoms with Crippen molar-refractivity contribution in [2.45, 2.75) is 26.9 Å². The fraction of sp³-hybridized carbons (Fsp3) is 0.700. The van der Waals surface area contributed by atoms with Crippen molar-refractivity contribution in [3.63, 3.8) is 0 Å². The first-order chi connectivity index (χ1) is 8.14. The van der Waals surface area contributed by atoms with Gasteiger partial charge < -0.3 is 23.1 Å². The average Bonchev–Trinajstić information content (AvgIpc) is 2.30. The molecule has 0 aliphatic rings. The first kappa shape index (κ1) is 16.3. The Bertz CT molecular complexity index is 216. The van der Waals surface area contributed by atoms with Crippen LogP contribution < -0.4 is 0 Å². The summed E-state index contributed by atoms with van der Waals surface area (Å²) in [5.74, 6) is -0.532. The summed E-state index contributed by atoms with van der Waals surface area (Å²) in [4.78, 5) is 10.9. The van der Waals surface area contributed by atoms with Crippen LogP contribution in [0, 0.1) is 0 Å². The van der Waals surface area contributed by atoms with Crippen LogP contribution in [0.2, 0.25) is 0 Å². The highest BCUT2D eigenvalue weighted by atomic mass is 28.3. The molecule has 0 aromatic heterocycles. The molecule has 0 bridgehead atoms. The van der Waals surface area contributed by atoms with Gasteiger partial charge in [0.1, 0.15) is 0 Å². The first-order valence-electron chi connectivity index (χ1n) is 5.49. The molecular weight excluding hydrogens is 244 g/mol.